The van der Waals surface area contributed by atoms with Crippen molar-refractivity contribution in [1.82, 2.24) is 9.78 Å². The van der Waals surface area contributed by atoms with E-state index in [0.29, 0.717) is 12.2 Å². The van der Waals surface area contributed by atoms with E-state index in [1.165, 1.54) is 0 Å². The van der Waals surface area contributed by atoms with Crippen LogP contribution in [0.15, 0.2) is 6.07 Å². The summed E-state index contributed by atoms with van der Waals surface area (Å²) in [4.78, 5) is 11.7. The number of aryl methyl sites for hydroxylation is 1. The van der Waals surface area contributed by atoms with Crippen molar-refractivity contribution in [1.29, 1.82) is 0 Å². The minimum Gasteiger partial charge on any atom is -0.461 e. The van der Waals surface area contributed by atoms with Crippen molar-refractivity contribution in [2.75, 3.05) is 6.61 Å². The fourth-order valence-electron chi connectivity index (χ4n) is 1.97. The van der Waals surface area contributed by atoms with Crippen molar-refractivity contribution in [2.24, 2.45) is 7.05 Å². The number of rotatable bonds is 3. The van der Waals surface area contributed by atoms with Gasteiger partial charge < -0.3 is 14.0 Å². The maximum Gasteiger partial charge on any atom is 0.514 e. The zero-order valence-electron chi connectivity index (χ0n) is 12.9. The van der Waals surface area contributed by atoms with Gasteiger partial charge in [0.05, 0.1) is 23.4 Å². The molecule has 1 aliphatic heterocycles. The molecule has 0 saturated carbocycles. The number of hydrogen-bond donors (Lipinski definition) is 0. The van der Waals surface area contributed by atoms with Crippen molar-refractivity contribution < 1.29 is 18.8 Å². The van der Waals surface area contributed by atoms with Gasteiger partial charge in [0, 0.05) is 7.05 Å². The maximum absolute atomic E-state index is 11.7. The van der Waals surface area contributed by atoms with Crippen LogP contribution < -0.4 is 5.59 Å². The van der Waals surface area contributed by atoms with E-state index in [2.05, 4.69) is 5.10 Å². The Balaban J connectivity index is 2.25. The molecule has 0 spiro atoms. The van der Waals surface area contributed by atoms with E-state index in [1.807, 2.05) is 27.7 Å². The summed E-state index contributed by atoms with van der Waals surface area (Å²) >= 11 is 0. The van der Waals surface area contributed by atoms with E-state index in [4.69, 9.17) is 14.0 Å². The first-order valence-electron chi connectivity index (χ1n) is 6.74. The maximum atomic E-state index is 11.7. The summed E-state index contributed by atoms with van der Waals surface area (Å²) in [5.41, 5.74) is 0.115. The van der Waals surface area contributed by atoms with Gasteiger partial charge in [-0.2, -0.15) is 5.10 Å². The van der Waals surface area contributed by atoms with Crippen molar-refractivity contribution in [3.05, 3.63) is 11.8 Å². The first-order valence-corrected chi connectivity index (χ1v) is 6.74. The van der Waals surface area contributed by atoms with E-state index in [0.717, 1.165) is 0 Å². The molecule has 0 radical (unpaired) electrons. The minimum atomic E-state index is -0.541. The number of nitrogens with zero attached hydrogens (tertiary/aromatic N) is 2. The van der Waals surface area contributed by atoms with Gasteiger partial charge in [0.1, 0.15) is 0 Å². The van der Waals surface area contributed by atoms with Gasteiger partial charge in [-0.05, 0) is 40.7 Å². The quantitative estimate of drug-likeness (QED) is 0.608. The third kappa shape index (κ3) is 2.47. The Morgan fingerprint density at radius 2 is 1.90 bits per heavy atom. The lowest BCUT2D eigenvalue weighted by molar-refractivity contribution is 0.00578. The van der Waals surface area contributed by atoms with Gasteiger partial charge in [-0.1, -0.05) is 0 Å². The summed E-state index contributed by atoms with van der Waals surface area (Å²) in [6, 6.07) is 1.65. The summed E-state index contributed by atoms with van der Waals surface area (Å²) in [6.45, 7) is 10.0. The molecule has 1 aromatic rings. The summed E-state index contributed by atoms with van der Waals surface area (Å²) in [5.74, 6) is -0.439. The SMILES string of the molecule is CCOC(=O)c1cc(B2OC(C)(C)C(C)(C)O2)n(C)n1. The first kappa shape index (κ1) is 15.1. The Labute approximate surface area is 119 Å². The van der Waals surface area contributed by atoms with Crippen LogP contribution in [0, 0.1) is 0 Å². The molecular formula is C13H21BN2O4. The van der Waals surface area contributed by atoms with Crippen LogP contribution >= 0.6 is 0 Å². The van der Waals surface area contributed by atoms with E-state index in [9.17, 15) is 4.79 Å². The summed E-state index contributed by atoms with van der Waals surface area (Å²) < 4.78 is 18.4. The first-order chi connectivity index (χ1) is 9.18. The fourth-order valence-corrected chi connectivity index (χ4v) is 1.97. The average Bonchev–Trinajstić information content (AvgIpc) is 2.78. The molecule has 0 N–H and O–H groups in total. The van der Waals surface area contributed by atoms with Crippen molar-refractivity contribution >= 4 is 18.7 Å². The molecule has 110 valence electrons. The van der Waals surface area contributed by atoms with Gasteiger partial charge in [-0.3, -0.25) is 4.68 Å². The van der Waals surface area contributed by atoms with Gasteiger partial charge in [-0.15, -0.1) is 0 Å². The predicted octanol–water partition coefficient (Wildman–Crippen LogP) is 0.896. The molecule has 1 aromatic heterocycles. The molecule has 2 heterocycles. The smallest absolute Gasteiger partial charge is 0.461 e. The lowest BCUT2D eigenvalue weighted by atomic mass is 9.84. The van der Waals surface area contributed by atoms with Gasteiger partial charge in [-0.25, -0.2) is 4.79 Å². The van der Waals surface area contributed by atoms with Gasteiger partial charge in [0.2, 0.25) is 0 Å². The zero-order valence-corrected chi connectivity index (χ0v) is 12.9. The highest BCUT2D eigenvalue weighted by Gasteiger charge is 2.52. The van der Waals surface area contributed by atoms with Gasteiger partial charge in [0.25, 0.3) is 0 Å². The second-order valence-electron chi connectivity index (χ2n) is 5.89. The Hall–Kier alpha value is -1.34. The molecule has 0 amide bonds. The van der Waals surface area contributed by atoms with Crippen LogP contribution in [0.5, 0.6) is 0 Å². The summed E-state index contributed by atoms with van der Waals surface area (Å²) in [5, 5.41) is 4.15. The molecule has 1 aliphatic rings. The third-order valence-corrected chi connectivity index (χ3v) is 3.90. The lowest BCUT2D eigenvalue weighted by Crippen LogP contribution is -2.41. The number of hydrogen-bond acceptors (Lipinski definition) is 5. The number of carbonyl (C=O) groups is 1. The van der Waals surface area contributed by atoms with Crippen molar-refractivity contribution in [3.8, 4) is 0 Å². The Morgan fingerprint density at radius 3 is 2.40 bits per heavy atom. The molecule has 6 nitrogen and oxygen atoms in total. The van der Waals surface area contributed by atoms with Crippen LogP contribution in [0.4, 0.5) is 0 Å². The molecule has 1 saturated heterocycles. The predicted molar refractivity (Wildman–Crippen MR) is 74.9 cm³/mol. The number of ether oxygens (including phenoxy) is 1. The zero-order chi connectivity index (χ0) is 15.1. The Kier molecular flexibility index (Phi) is 3.68. The molecule has 0 atom stereocenters. The molecule has 0 aromatic carbocycles. The highest BCUT2D eigenvalue weighted by atomic mass is 16.7. The monoisotopic (exact) mass is 280 g/mol. The largest absolute Gasteiger partial charge is 0.514 e. The molecular weight excluding hydrogens is 259 g/mol. The highest BCUT2D eigenvalue weighted by Crippen LogP contribution is 2.36. The number of carbonyl (C=O) groups excluding carboxylic acids is 1. The highest BCUT2D eigenvalue weighted by molar-refractivity contribution is 6.61. The molecule has 7 heteroatoms. The molecule has 2 rings (SSSR count). The van der Waals surface area contributed by atoms with Crippen LogP contribution in [0.1, 0.15) is 45.1 Å². The van der Waals surface area contributed by atoms with Crippen LogP contribution in [0.3, 0.4) is 0 Å². The van der Waals surface area contributed by atoms with E-state index >= 15 is 0 Å². The van der Waals surface area contributed by atoms with Crippen LogP contribution in [0.25, 0.3) is 0 Å². The Bertz CT molecular complexity index is 508. The van der Waals surface area contributed by atoms with E-state index in [-0.39, 0.29) is 5.69 Å². The van der Waals surface area contributed by atoms with Crippen LogP contribution in [-0.4, -0.2) is 40.7 Å². The van der Waals surface area contributed by atoms with Gasteiger partial charge in [0.15, 0.2) is 5.69 Å². The topological polar surface area (TPSA) is 62.6 Å². The second-order valence-corrected chi connectivity index (χ2v) is 5.89. The molecule has 20 heavy (non-hydrogen) atoms. The number of aromatic nitrogens is 2. The van der Waals surface area contributed by atoms with E-state index in [1.54, 1.807) is 24.7 Å². The van der Waals surface area contributed by atoms with Crippen LogP contribution in [-0.2, 0) is 21.1 Å². The van der Waals surface area contributed by atoms with E-state index < -0.39 is 24.3 Å². The average molecular weight is 280 g/mol. The Morgan fingerprint density at radius 1 is 1.35 bits per heavy atom. The molecule has 0 aliphatic carbocycles. The van der Waals surface area contributed by atoms with Crippen molar-refractivity contribution in [3.63, 3.8) is 0 Å². The second kappa shape index (κ2) is 4.89. The fraction of sp³-hybridized carbons (Fsp3) is 0.692. The lowest BCUT2D eigenvalue weighted by Gasteiger charge is -2.32. The van der Waals surface area contributed by atoms with Gasteiger partial charge >= 0.3 is 13.1 Å². The molecule has 0 bridgehead atoms. The summed E-state index contributed by atoms with van der Waals surface area (Å²) in [6.07, 6.45) is 0. The number of esters is 1. The third-order valence-electron chi connectivity index (χ3n) is 3.90. The van der Waals surface area contributed by atoms with Crippen molar-refractivity contribution in [2.45, 2.75) is 45.8 Å². The summed E-state index contributed by atoms with van der Waals surface area (Å²) in [7, 11) is 1.21. The standard InChI is InChI=1S/C13H21BN2O4/c1-7-18-11(17)9-8-10(16(6)15-9)14-19-12(2,3)13(4,5)20-14/h8H,7H2,1-6H3. The minimum absolute atomic E-state index is 0.263. The molecule has 1 fully saturated rings. The molecule has 0 unspecified atom stereocenters. The van der Waals surface area contributed by atoms with Crippen LogP contribution in [0.2, 0.25) is 0 Å². The normalized spacial score (nSPS) is 20.2.